The van der Waals surface area contributed by atoms with Gasteiger partial charge in [-0.3, -0.25) is 14.5 Å². The lowest BCUT2D eigenvalue weighted by Gasteiger charge is -2.26. The van der Waals surface area contributed by atoms with Crippen LogP contribution in [0.2, 0.25) is 0 Å². The Hall–Kier alpha value is -2.86. The average Bonchev–Trinajstić information content (AvgIpc) is 3.31. The number of amides is 2. The van der Waals surface area contributed by atoms with Gasteiger partial charge in [0.1, 0.15) is 5.75 Å². The minimum atomic E-state index is -0.189. The topological polar surface area (TPSA) is 61.9 Å². The number of carbonyl (C=O) groups is 2. The van der Waals surface area contributed by atoms with Crippen LogP contribution < -0.4 is 10.1 Å². The number of nitrogens with one attached hydrogen (secondary N) is 1. The third-order valence-electron chi connectivity index (χ3n) is 5.96. The molecule has 164 valence electrons. The summed E-state index contributed by atoms with van der Waals surface area (Å²) < 4.78 is 5.68. The van der Waals surface area contributed by atoms with Crippen molar-refractivity contribution in [2.24, 2.45) is 0 Å². The van der Waals surface area contributed by atoms with Crippen molar-refractivity contribution in [3.05, 3.63) is 59.7 Å². The SMILES string of the molecule is O=C(Nc1cccc(CN2CCCC2)c1)c1cccc(OCC(=O)N2CCCCC2)c1. The molecule has 2 aliphatic rings. The molecule has 1 N–H and O–H groups in total. The molecule has 2 aliphatic heterocycles. The lowest BCUT2D eigenvalue weighted by molar-refractivity contribution is -0.134. The number of hydrogen-bond donors (Lipinski definition) is 1. The number of carbonyl (C=O) groups excluding carboxylic acids is 2. The first-order valence-corrected chi connectivity index (χ1v) is 11.3. The molecule has 2 saturated heterocycles. The predicted molar refractivity (Wildman–Crippen MR) is 121 cm³/mol. The van der Waals surface area contributed by atoms with E-state index in [1.165, 1.54) is 24.8 Å². The standard InChI is InChI=1S/C25H31N3O3/c29-24(28-14-2-1-3-15-28)19-31-23-11-7-9-21(17-23)25(30)26-22-10-6-8-20(16-22)18-27-12-4-5-13-27/h6-11,16-17H,1-5,12-15,18-19H2,(H,26,30). The molecule has 0 unspecified atom stereocenters. The number of likely N-dealkylation sites (tertiary alicyclic amines) is 2. The zero-order valence-electron chi connectivity index (χ0n) is 18.0. The van der Waals surface area contributed by atoms with Crippen LogP contribution in [-0.2, 0) is 11.3 Å². The highest BCUT2D eigenvalue weighted by atomic mass is 16.5. The van der Waals surface area contributed by atoms with E-state index >= 15 is 0 Å². The van der Waals surface area contributed by atoms with Gasteiger partial charge in [-0.2, -0.15) is 0 Å². The minimum absolute atomic E-state index is 0.00359. The van der Waals surface area contributed by atoms with Gasteiger partial charge in [0, 0.05) is 30.9 Å². The van der Waals surface area contributed by atoms with Gasteiger partial charge in [-0.15, -0.1) is 0 Å². The average molecular weight is 422 g/mol. The Balaban J connectivity index is 1.33. The maximum Gasteiger partial charge on any atom is 0.260 e. The molecule has 2 aromatic carbocycles. The second-order valence-electron chi connectivity index (χ2n) is 8.40. The quantitative estimate of drug-likeness (QED) is 0.736. The van der Waals surface area contributed by atoms with Crippen molar-refractivity contribution < 1.29 is 14.3 Å². The van der Waals surface area contributed by atoms with Gasteiger partial charge in [0.25, 0.3) is 11.8 Å². The van der Waals surface area contributed by atoms with Crippen molar-refractivity contribution in [2.75, 3.05) is 38.1 Å². The molecule has 6 heteroatoms. The fraction of sp³-hybridized carbons (Fsp3) is 0.440. The van der Waals surface area contributed by atoms with E-state index in [-0.39, 0.29) is 18.4 Å². The van der Waals surface area contributed by atoms with Crippen LogP contribution in [0.15, 0.2) is 48.5 Å². The summed E-state index contributed by atoms with van der Waals surface area (Å²) in [6.07, 6.45) is 5.82. The van der Waals surface area contributed by atoms with E-state index in [0.717, 1.165) is 51.3 Å². The van der Waals surface area contributed by atoms with E-state index in [4.69, 9.17) is 4.74 Å². The van der Waals surface area contributed by atoms with E-state index in [9.17, 15) is 9.59 Å². The van der Waals surface area contributed by atoms with Crippen molar-refractivity contribution >= 4 is 17.5 Å². The highest BCUT2D eigenvalue weighted by Crippen LogP contribution is 2.19. The van der Waals surface area contributed by atoms with E-state index in [0.29, 0.717) is 11.3 Å². The number of piperidine rings is 1. The van der Waals surface area contributed by atoms with Gasteiger partial charge in [0.15, 0.2) is 6.61 Å². The minimum Gasteiger partial charge on any atom is -0.484 e. The monoisotopic (exact) mass is 421 g/mol. The van der Waals surface area contributed by atoms with Crippen molar-refractivity contribution in [3.8, 4) is 5.75 Å². The maximum atomic E-state index is 12.8. The van der Waals surface area contributed by atoms with Crippen molar-refractivity contribution in [3.63, 3.8) is 0 Å². The molecule has 0 aliphatic carbocycles. The molecule has 0 radical (unpaired) electrons. The van der Waals surface area contributed by atoms with Gasteiger partial charge < -0.3 is 15.0 Å². The number of anilines is 1. The summed E-state index contributed by atoms with van der Waals surface area (Å²) in [4.78, 5) is 29.4. The van der Waals surface area contributed by atoms with Crippen molar-refractivity contribution in [1.29, 1.82) is 0 Å². The fourth-order valence-corrected chi connectivity index (χ4v) is 4.26. The third-order valence-corrected chi connectivity index (χ3v) is 5.96. The molecule has 2 amide bonds. The first-order chi connectivity index (χ1) is 15.2. The molecular weight excluding hydrogens is 390 g/mol. The van der Waals surface area contributed by atoms with Crippen LogP contribution in [0.5, 0.6) is 5.75 Å². The van der Waals surface area contributed by atoms with Gasteiger partial charge in [0.2, 0.25) is 0 Å². The lowest BCUT2D eigenvalue weighted by Crippen LogP contribution is -2.38. The maximum absolute atomic E-state index is 12.8. The van der Waals surface area contributed by atoms with Gasteiger partial charge in [-0.1, -0.05) is 18.2 Å². The molecule has 0 bridgehead atoms. The number of nitrogens with zero attached hydrogens (tertiary/aromatic N) is 2. The molecule has 2 fully saturated rings. The van der Waals surface area contributed by atoms with E-state index in [1.54, 1.807) is 24.3 Å². The van der Waals surface area contributed by atoms with Gasteiger partial charge in [0.05, 0.1) is 0 Å². The van der Waals surface area contributed by atoms with Crippen LogP contribution in [-0.4, -0.2) is 54.4 Å². The Kier molecular flexibility index (Phi) is 7.20. The smallest absolute Gasteiger partial charge is 0.260 e. The van der Waals surface area contributed by atoms with Crippen LogP contribution in [0.25, 0.3) is 0 Å². The molecular formula is C25H31N3O3. The lowest BCUT2D eigenvalue weighted by atomic mass is 10.1. The normalized spacial score (nSPS) is 16.8. The first kappa shape index (κ1) is 21.4. The second kappa shape index (κ2) is 10.4. The molecule has 31 heavy (non-hydrogen) atoms. The zero-order valence-corrected chi connectivity index (χ0v) is 18.0. The fourth-order valence-electron chi connectivity index (χ4n) is 4.26. The number of hydrogen-bond acceptors (Lipinski definition) is 4. The molecule has 0 atom stereocenters. The Morgan fingerprint density at radius 1 is 0.871 bits per heavy atom. The third kappa shape index (κ3) is 6.07. The predicted octanol–water partition coefficient (Wildman–Crippen LogP) is 3.93. The van der Waals surface area contributed by atoms with E-state index in [2.05, 4.69) is 16.3 Å². The Labute approximate surface area is 184 Å². The van der Waals surface area contributed by atoms with Crippen molar-refractivity contribution in [2.45, 2.75) is 38.6 Å². The summed E-state index contributed by atoms with van der Waals surface area (Å²) in [5.74, 6) is 0.344. The van der Waals surface area contributed by atoms with Crippen molar-refractivity contribution in [1.82, 2.24) is 9.80 Å². The second-order valence-corrected chi connectivity index (χ2v) is 8.40. The Morgan fingerprint density at radius 3 is 2.42 bits per heavy atom. The number of rotatable bonds is 7. The molecule has 0 aromatic heterocycles. The van der Waals surface area contributed by atoms with Gasteiger partial charge in [-0.25, -0.2) is 0 Å². The van der Waals surface area contributed by atoms with Gasteiger partial charge >= 0.3 is 0 Å². The Morgan fingerprint density at radius 2 is 1.61 bits per heavy atom. The van der Waals surface area contributed by atoms with E-state index in [1.807, 2.05) is 23.1 Å². The van der Waals surface area contributed by atoms with Crippen LogP contribution in [0.4, 0.5) is 5.69 Å². The van der Waals surface area contributed by atoms with Crippen LogP contribution in [0.1, 0.15) is 48.0 Å². The Bertz CT molecular complexity index is 902. The largest absolute Gasteiger partial charge is 0.484 e. The van der Waals surface area contributed by atoms with E-state index < -0.39 is 0 Å². The summed E-state index contributed by atoms with van der Waals surface area (Å²) in [5, 5.41) is 2.98. The molecule has 2 heterocycles. The molecule has 2 aromatic rings. The molecule has 6 nitrogen and oxygen atoms in total. The summed E-state index contributed by atoms with van der Waals surface area (Å²) in [5.41, 5.74) is 2.49. The molecule has 0 saturated carbocycles. The highest BCUT2D eigenvalue weighted by molar-refractivity contribution is 6.04. The van der Waals surface area contributed by atoms with Crippen LogP contribution in [0.3, 0.4) is 0 Å². The van der Waals surface area contributed by atoms with Crippen LogP contribution >= 0.6 is 0 Å². The zero-order chi connectivity index (χ0) is 21.5. The highest BCUT2D eigenvalue weighted by Gasteiger charge is 2.17. The summed E-state index contributed by atoms with van der Waals surface area (Å²) >= 11 is 0. The summed E-state index contributed by atoms with van der Waals surface area (Å²) in [7, 11) is 0. The first-order valence-electron chi connectivity index (χ1n) is 11.3. The van der Waals surface area contributed by atoms with Gasteiger partial charge in [-0.05, 0) is 81.1 Å². The number of ether oxygens (including phenoxy) is 1. The summed E-state index contributed by atoms with van der Waals surface area (Å²) in [6, 6.07) is 15.0. The number of benzene rings is 2. The van der Waals surface area contributed by atoms with Crippen LogP contribution in [0, 0.1) is 0 Å². The molecule has 0 spiro atoms. The summed E-state index contributed by atoms with van der Waals surface area (Å²) in [6.45, 7) is 4.82. The molecule has 4 rings (SSSR count).